The Bertz CT molecular complexity index is 753. The van der Waals surface area contributed by atoms with Crippen LogP contribution in [-0.2, 0) is 9.59 Å². The van der Waals surface area contributed by atoms with Crippen molar-refractivity contribution in [1.29, 1.82) is 0 Å². The van der Waals surface area contributed by atoms with Crippen LogP contribution in [0, 0.1) is 13.8 Å². The van der Waals surface area contributed by atoms with Crippen LogP contribution in [0.5, 0.6) is 0 Å². The zero-order valence-corrected chi connectivity index (χ0v) is 12.6. The molecule has 1 heterocycles. The van der Waals surface area contributed by atoms with E-state index < -0.39 is 5.92 Å². The number of hydrogen-bond acceptors (Lipinski definition) is 2. The van der Waals surface area contributed by atoms with Crippen molar-refractivity contribution in [2.45, 2.75) is 26.2 Å². The molecule has 0 aromatic heterocycles. The number of fused-ring (bicyclic) bond motifs is 1. The second kappa shape index (κ2) is 5.64. The van der Waals surface area contributed by atoms with Gasteiger partial charge in [-0.1, -0.05) is 30.3 Å². The second-order valence-electron chi connectivity index (χ2n) is 5.70. The number of rotatable bonds is 3. The van der Waals surface area contributed by atoms with Crippen LogP contribution in [0.3, 0.4) is 0 Å². The van der Waals surface area contributed by atoms with E-state index in [1.165, 1.54) is 0 Å². The van der Waals surface area contributed by atoms with E-state index in [1.54, 1.807) is 0 Å². The molecule has 1 atom stereocenters. The molecule has 3 rings (SSSR count). The highest BCUT2D eigenvalue weighted by Crippen LogP contribution is 2.34. The Morgan fingerprint density at radius 3 is 2.77 bits per heavy atom. The predicted molar refractivity (Wildman–Crippen MR) is 87.0 cm³/mol. The molecule has 0 bridgehead atoms. The Balaban J connectivity index is 1.75. The molecule has 2 aromatic rings. The van der Waals surface area contributed by atoms with E-state index in [9.17, 15) is 9.59 Å². The van der Waals surface area contributed by atoms with Gasteiger partial charge in [-0.05, 0) is 42.7 Å². The van der Waals surface area contributed by atoms with Crippen molar-refractivity contribution in [3.63, 3.8) is 0 Å². The van der Waals surface area contributed by atoms with Gasteiger partial charge in [0.25, 0.3) is 0 Å². The minimum atomic E-state index is -0.415. The molecule has 2 aromatic carbocycles. The van der Waals surface area contributed by atoms with Gasteiger partial charge in [0.15, 0.2) is 0 Å². The van der Waals surface area contributed by atoms with Crippen molar-refractivity contribution < 1.29 is 9.59 Å². The fourth-order valence-corrected chi connectivity index (χ4v) is 2.74. The van der Waals surface area contributed by atoms with Gasteiger partial charge in [-0.25, -0.2) is 0 Å². The molecule has 112 valence electrons. The van der Waals surface area contributed by atoms with Crippen molar-refractivity contribution in [3.05, 3.63) is 59.2 Å². The predicted octanol–water partition coefficient (Wildman–Crippen LogP) is 3.37. The summed E-state index contributed by atoms with van der Waals surface area (Å²) in [6, 6.07) is 13.4. The van der Waals surface area contributed by atoms with Gasteiger partial charge in [0.05, 0.1) is 5.92 Å². The van der Waals surface area contributed by atoms with Gasteiger partial charge < -0.3 is 10.6 Å². The van der Waals surface area contributed by atoms with E-state index in [0.29, 0.717) is 0 Å². The average molecular weight is 294 g/mol. The first-order valence-corrected chi connectivity index (χ1v) is 7.31. The van der Waals surface area contributed by atoms with Crippen LogP contribution in [0.4, 0.5) is 11.4 Å². The molecule has 4 nitrogen and oxygen atoms in total. The molecule has 4 heteroatoms. The maximum absolute atomic E-state index is 12.3. The minimum Gasteiger partial charge on any atom is -0.326 e. The van der Waals surface area contributed by atoms with Crippen molar-refractivity contribution >= 4 is 23.2 Å². The summed E-state index contributed by atoms with van der Waals surface area (Å²) in [5, 5.41) is 5.73. The first-order valence-electron chi connectivity index (χ1n) is 7.31. The number of hydrogen-bond donors (Lipinski definition) is 2. The van der Waals surface area contributed by atoms with E-state index in [-0.39, 0.29) is 18.2 Å². The van der Waals surface area contributed by atoms with Gasteiger partial charge in [-0.3, -0.25) is 9.59 Å². The number of para-hydroxylation sites is 1. The van der Waals surface area contributed by atoms with Crippen molar-refractivity contribution in [2.75, 3.05) is 10.6 Å². The highest BCUT2D eigenvalue weighted by atomic mass is 16.2. The summed E-state index contributed by atoms with van der Waals surface area (Å²) in [5.41, 5.74) is 4.59. The van der Waals surface area contributed by atoms with E-state index in [1.807, 2.05) is 56.3 Å². The lowest BCUT2D eigenvalue weighted by atomic mass is 9.97. The highest BCUT2D eigenvalue weighted by molar-refractivity contribution is 6.06. The largest absolute Gasteiger partial charge is 0.326 e. The molecule has 1 aliphatic heterocycles. The van der Waals surface area contributed by atoms with Crippen LogP contribution in [0.2, 0.25) is 0 Å². The summed E-state index contributed by atoms with van der Waals surface area (Å²) >= 11 is 0. The Morgan fingerprint density at radius 2 is 1.95 bits per heavy atom. The molecule has 2 N–H and O–H groups in total. The molecule has 1 unspecified atom stereocenters. The fourth-order valence-electron chi connectivity index (χ4n) is 2.74. The van der Waals surface area contributed by atoms with Gasteiger partial charge in [0, 0.05) is 17.8 Å². The van der Waals surface area contributed by atoms with Crippen molar-refractivity contribution in [1.82, 2.24) is 0 Å². The number of anilines is 2. The number of benzene rings is 2. The fraction of sp³-hybridized carbons (Fsp3) is 0.222. The molecule has 0 saturated carbocycles. The van der Waals surface area contributed by atoms with Gasteiger partial charge in [-0.2, -0.15) is 0 Å². The van der Waals surface area contributed by atoms with E-state index >= 15 is 0 Å². The minimum absolute atomic E-state index is 0.114. The maximum Gasteiger partial charge on any atom is 0.232 e. The Hall–Kier alpha value is -2.62. The van der Waals surface area contributed by atoms with Crippen LogP contribution >= 0.6 is 0 Å². The Morgan fingerprint density at radius 1 is 1.18 bits per heavy atom. The lowest BCUT2D eigenvalue weighted by molar-refractivity contribution is -0.122. The van der Waals surface area contributed by atoms with E-state index in [2.05, 4.69) is 10.6 Å². The third kappa shape index (κ3) is 2.72. The summed E-state index contributed by atoms with van der Waals surface area (Å²) in [6.45, 7) is 3.93. The van der Waals surface area contributed by atoms with Gasteiger partial charge in [0.2, 0.25) is 11.8 Å². The molecular formula is C18H18N2O2. The van der Waals surface area contributed by atoms with Crippen LogP contribution in [0.1, 0.15) is 29.0 Å². The molecule has 0 saturated heterocycles. The average Bonchev–Trinajstić information content (AvgIpc) is 2.79. The van der Waals surface area contributed by atoms with Crippen molar-refractivity contribution in [3.8, 4) is 0 Å². The lowest BCUT2D eigenvalue weighted by Crippen LogP contribution is -2.20. The first kappa shape index (κ1) is 14.3. The summed E-state index contributed by atoms with van der Waals surface area (Å²) in [4.78, 5) is 24.3. The van der Waals surface area contributed by atoms with Crippen LogP contribution in [-0.4, -0.2) is 11.8 Å². The number of carbonyl (C=O) groups excluding carboxylic acids is 2. The standard InChI is InChI=1S/C18H18N2O2/c1-11-7-8-12(2)16(9-11)19-17(21)10-14-13-5-3-4-6-15(13)20-18(14)22/h3-9,14H,10H2,1-2H3,(H,19,21)(H,20,22). The molecule has 0 fully saturated rings. The second-order valence-corrected chi connectivity index (χ2v) is 5.70. The maximum atomic E-state index is 12.3. The van der Waals surface area contributed by atoms with Crippen LogP contribution in [0.15, 0.2) is 42.5 Å². The molecule has 0 spiro atoms. The summed E-state index contributed by atoms with van der Waals surface area (Å²) in [6.07, 6.45) is 0.149. The topological polar surface area (TPSA) is 58.2 Å². The Kier molecular flexibility index (Phi) is 3.67. The van der Waals surface area contributed by atoms with E-state index in [4.69, 9.17) is 0 Å². The molecule has 0 radical (unpaired) electrons. The van der Waals surface area contributed by atoms with Gasteiger partial charge in [-0.15, -0.1) is 0 Å². The molecule has 22 heavy (non-hydrogen) atoms. The monoisotopic (exact) mass is 294 g/mol. The first-order chi connectivity index (χ1) is 10.5. The van der Waals surface area contributed by atoms with Gasteiger partial charge >= 0.3 is 0 Å². The SMILES string of the molecule is Cc1ccc(C)c(NC(=O)CC2C(=O)Nc3ccccc32)c1. The van der Waals surface area contributed by atoms with Gasteiger partial charge in [0.1, 0.15) is 0 Å². The smallest absolute Gasteiger partial charge is 0.232 e. The number of aryl methyl sites for hydroxylation is 2. The van der Waals surface area contributed by atoms with E-state index in [0.717, 1.165) is 28.1 Å². The third-order valence-corrected chi connectivity index (χ3v) is 3.97. The normalized spacial score (nSPS) is 16.1. The Labute approximate surface area is 129 Å². The van der Waals surface area contributed by atoms with Crippen LogP contribution < -0.4 is 10.6 Å². The summed E-state index contributed by atoms with van der Waals surface area (Å²) < 4.78 is 0. The number of nitrogens with one attached hydrogen (secondary N) is 2. The molecule has 0 aliphatic carbocycles. The summed E-state index contributed by atoms with van der Waals surface area (Å²) in [5.74, 6) is -0.677. The zero-order chi connectivity index (χ0) is 15.7. The van der Waals surface area contributed by atoms with Crippen LogP contribution in [0.25, 0.3) is 0 Å². The number of carbonyl (C=O) groups is 2. The zero-order valence-electron chi connectivity index (χ0n) is 12.6. The quantitative estimate of drug-likeness (QED) is 0.912. The number of amides is 2. The lowest BCUT2D eigenvalue weighted by Gasteiger charge is -2.12. The third-order valence-electron chi connectivity index (χ3n) is 3.97. The molecular weight excluding hydrogens is 276 g/mol. The molecule has 2 amide bonds. The highest BCUT2D eigenvalue weighted by Gasteiger charge is 2.31. The molecule has 1 aliphatic rings. The van der Waals surface area contributed by atoms with Crippen molar-refractivity contribution in [2.24, 2.45) is 0 Å². The summed E-state index contributed by atoms with van der Waals surface area (Å²) in [7, 11) is 0.